The van der Waals surface area contributed by atoms with Crippen molar-refractivity contribution in [3.8, 4) is 0 Å². The number of hydrogen-bond acceptors (Lipinski definition) is 3. The van der Waals surface area contributed by atoms with E-state index in [0.717, 1.165) is 5.56 Å². The van der Waals surface area contributed by atoms with Gasteiger partial charge in [0.25, 0.3) is 0 Å². The van der Waals surface area contributed by atoms with E-state index in [1.54, 1.807) is 6.92 Å². The highest BCUT2D eigenvalue weighted by atomic mass is 19.1. The largest absolute Gasteiger partial charge is 0.465 e. The van der Waals surface area contributed by atoms with Gasteiger partial charge in [-0.1, -0.05) is 30.3 Å². The van der Waals surface area contributed by atoms with E-state index in [2.05, 4.69) is 0 Å². The molecule has 0 aromatic heterocycles. The standard InChI is InChI=1S/C18H17FO3/c1-2-22-18(21)16(12-13-6-4-3-5-7-13)17(20)14-8-10-15(19)11-9-14/h3-11,16H,2,12H2,1H3. The summed E-state index contributed by atoms with van der Waals surface area (Å²) < 4.78 is 18.0. The minimum absolute atomic E-state index is 0.209. The number of benzene rings is 2. The molecule has 0 fully saturated rings. The average Bonchev–Trinajstić information content (AvgIpc) is 2.54. The van der Waals surface area contributed by atoms with Gasteiger partial charge in [-0.25, -0.2) is 4.39 Å². The molecule has 3 nitrogen and oxygen atoms in total. The van der Waals surface area contributed by atoms with Crippen LogP contribution in [-0.2, 0) is 16.0 Å². The molecule has 0 N–H and O–H groups in total. The first kappa shape index (κ1) is 15.9. The van der Waals surface area contributed by atoms with Gasteiger partial charge >= 0.3 is 5.97 Å². The molecule has 2 aromatic rings. The Morgan fingerprint density at radius 2 is 1.68 bits per heavy atom. The molecule has 0 bridgehead atoms. The van der Waals surface area contributed by atoms with Gasteiger partial charge in [0.2, 0.25) is 0 Å². The lowest BCUT2D eigenvalue weighted by Gasteiger charge is -2.15. The first-order chi connectivity index (χ1) is 10.6. The van der Waals surface area contributed by atoms with E-state index in [4.69, 9.17) is 4.74 Å². The molecule has 0 heterocycles. The predicted octanol–water partition coefficient (Wildman–Crippen LogP) is 3.43. The van der Waals surface area contributed by atoms with Crippen LogP contribution in [0.15, 0.2) is 54.6 Å². The van der Waals surface area contributed by atoms with E-state index >= 15 is 0 Å². The molecule has 0 saturated heterocycles. The smallest absolute Gasteiger partial charge is 0.317 e. The van der Waals surface area contributed by atoms with Crippen LogP contribution in [0.2, 0.25) is 0 Å². The maximum Gasteiger partial charge on any atom is 0.317 e. The summed E-state index contributed by atoms with van der Waals surface area (Å²) in [6, 6.07) is 14.4. The molecule has 1 unspecified atom stereocenters. The van der Waals surface area contributed by atoms with Crippen molar-refractivity contribution >= 4 is 11.8 Å². The number of ether oxygens (including phenoxy) is 1. The average molecular weight is 300 g/mol. The summed E-state index contributed by atoms with van der Waals surface area (Å²) >= 11 is 0. The van der Waals surface area contributed by atoms with Gasteiger partial charge in [-0.3, -0.25) is 9.59 Å². The minimum atomic E-state index is -0.923. The molecule has 1 atom stereocenters. The Kier molecular flexibility index (Phi) is 5.42. The molecule has 0 aliphatic carbocycles. The number of carbonyl (C=O) groups is 2. The van der Waals surface area contributed by atoms with Crippen LogP contribution in [0, 0.1) is 11.7 Å². The van der Waals surface area contributed by atoms with Crippen molar-refractivity contribution in [3.63, 3.8) is 0 Å². The third kappa shape index (κ3) is 4.01. The van der Waals surface area contributed by atoms with Gasteiger partial charge in [0.1, 0.15) is 11.7 Å². The number of rotatable bonds is 6. The van der Waals surface area contributed by atoms with Crippen molar-refractivity contribution in [2.45, 2.75) is 13.3 Å². The highest BCUT2D eigenvalue weighted by molar-refractivity contribution is 6.08. The molecule has 0 aliphatic rings. The van der Waals surface area contributed by atoms with Crippen LogP contribution in [0.25, 0.3) is 0 Å². The zero-order valence-corrected chi connectivity index (χ0v) is 12.3. The number of esters is 1. The Morgan fingerprint density at radius 3 is 2.27 bits per heavy atom. The third-order valence-electron chi connectivity index (χ3n) is 3.30. The molecule has 0 saturated carbocycles. The molecular formula is C18H17FO3. The Hall–Kier alpha value is -2.49. The highest BCUT2D eigenvalue weighted by Crippen LogP contribution is 2.17. The van der Waals surface area contributed by atoms with E-state index in [-0.39, 0.29) is 18.8 Å². The van der Waals surface area contributed by atoms with E-state index in [9.17, 15) is 14.0 Å². The van der Waals surface area contributed by atoms with Crippen molar-refractivity contribution in [1.29, 1.82) is 0 Å². The Balaban J connectivity index is 2.25. The fourth-order valence-corrected chi connectivity index (χ4v) is 2.19. The summed E-state index contributed by atoms with van der Waals surface area (Å²) in [6.45, 7) is 1.90. The van der Waals surface area contributed by atoms with Crippen LogP contribution in [0.5, 0.6) is 0 Å². The SMILES string of the molecule is CCOC(=O)C(Cc1ccccc1)C(=O)c1ccc(F)cc1. The minimum Gasteiger partial charge on any atom is -0.465 e. The molecule has 0 radical (unpaired) electrons. The van der Waals surface area contributed by atoms with Crippen molar-refractivity contribution in [1.82, 2.24) is 0 Å². The van der Waals surface area contributed by atoms with Crippen LogP contribution >= 0.6 is 0 Å². The lowest BCUT2D eigenvalue weighted by Crippen LogP contribution is -2.28. The number of Topliss-reactive ketones (excluding diaryl/α,β-unsaturated/α-hetero) is 1. The zero-order valence-electron chi connectivity index (χ0n) is 12.3. The molecule has 4 heteroatoms. The second-order valence-corrected chi connectivity index (χ2v) is 4.87. The lowest BCUT2D eigenvalue weighted by molar-refractivity contribution is -0.146. The maximum absolute atomic E-state index is 13.0. The van der Waals surface area contributed by atoms with E-state index in [1.807, 2.05) is 30.3 Å². The number of hydrogen-bond donors (Lipinski definition) is 0. The maximum atomic E-state index is 13.0. The molecule has 0 spiro atoms. The van der Waals surface area contributed by atoms with Gasteiger partial charge in [-0.05, 0) is 43.2 Å². The quantitative estimate of drug-likeness (QED) is 0.466. The van der Waals surface area contributed by atoms with Gasteiger partial charge in [0.05, 0.1) is 6.61 Å². The van der Waals surface area contributed by atoms with E-state index in [0.29, 0.717) is 5.56 Å². The number of halogens is 1. The van der Waals surface area contributed by atoms with Crippen LogP contribution < -0.4 is 0 Å². The Labute approximate surface area is 128 Å². The second-order valence-electron chi connectivity index (χ2n) is 4.87. The number of carbonyl (C=O) groups excluding carboxylic acids is 2. The summed E-state index contributed by atoms with van der Waals surface area (Å²) in [7, 11) is 0. The molecule has 2 aromatic carbocycles. The first-order valence-corrected chi connectivity index (χ1v) is 7.12. The van der Waals surface area contributed by atoms with Gasteiger partial charge < -0.3 is 4.74 Å². The van der Waals surface area contributed by atoms with Crippen molar-refractivity contribution in [3.05, 3.63) is 71.5 Å². The van der Waals surface area contributed by atoms with Crippen LogP contribution in [-0.4, -0.2) is 18.4 Å². The number of ketones is 1. The predicted molar refractivity (Wildman–Crippen MR) is 81.0 cm³/mol. The van der Waals surface area contributed by atoms with Crippen molar-refractivity contribution < 1.29 is 18.7 Å². The van der Waals surface area contributed by atoms with Gasteiger partial charge in [0, 0.05) is 5.56 Å². The van der Waals surface area contributed by atoms with Crippen molar-refractivity contribution in [2.24, 2.45) is 5.92 Å². The molecule has 114 valence electrons. The fraction of sp³-hybridized carbons (Fsp3) is 0.222. The summed E-state index contributed by atoms with van der Waals surface area (Å²) in [6.07, 6.45) is 0.260. The zero-order chi connectivity index (χ0) is 15.9. The van der Waals surface area contributed by atoms with Crippen LogP contribution in [0.3, 0.4) is 0 Å². The van der Waals surface area contributed by atoms with Gasteiger partial charge in [-0.15, -0.1) is 0 Å². The topological polar surface area (TPSA) is 43.4 Å². The molecular weight excluding hydrogens is 283 g/mol. The first-order valence-electron chi connectivity index (χ1n) is 7.12. The summed E-state index contributed by atoms with van der Waals surface area (Å²) in [5.41, 5.74) is 1.17. The van der Waals surface area contributed by atoms with Gasteiger partial charge in [0.15, 0.2) is 5.78 Å². The summed E-state index contributed by atoms with van der Waals surface area (Å²) in [5.74, 6) is -2.26. The highest BCUT2D eigenvalue weighted by Gasteiger charge is 2.29. The van der Waals surface area contributed by atoms with Crippen LogP contribution in [0.1, 0.15) is 22.8 Å². The molecule has 0 aliphatic heterocycles. The van der Waals surface area contributed by atoms with Crippen LogP contribution in [0.4, 0.5) is 4.39 Å². The monoisotopic (exact) mass is 300 g/mol. The Bertz CT molecular complexity index is 635. The third-order valence-corrected chi connectivity index (χ3v) is 3.30. The van der Waals surface area contributed by atoms with E-state index < -0.39 is 17.7 Å². The molecule has 22 heavy (non-hydrogen) atoms. The second kappa shape index (κ2) is 7.50. The molecule has 2 rings (SSSR count). The Morgan fingerprint density at radius 1 is 1.05 bits per heavy atom. The lowest BCUT2D eigenvalue weighted by atomic mass is 9.91. The molecule has 0 amide bonds. The van der Waals surface area contributed by atoms with E-state index in [1.165, 1.54) is 24.3 Å². The normalized spacial score (nSPS) is 11.7. The summed E-state index contributed by atoms with van der Waals surface area (Å²) in [4.78, 5) is 24.7. The van der Waals surface area contributed by atoms with Gasteiger partial charge in [-0.2, -0.15) is 0 Å². The van der Waals surface area contributed by atoms with Crippen molar-refractivity contribution in [2.75, 3.05) is 6.61 Å². The fourth-order valence-electron chi connectivity index (χ4n) is 2.19. The summed E-state index contributed by atoms with van der Waals surface area (Å²) in [5, 5.41) is 0.